The highest BCUT2D eigenvalue weighted by Gasteiger charge is 2.13. The van der Waals surface area contributed by atoms with Gasteiger partial charge in [-0.25, -0.2) is 0 Å². The lowest BCUT2D eigenvalue weighted by atomic mass is 10.0. The smallest absolute Gasteiger partial charge is 0.161 e. The molecule has 0 aliphatic heterocycles. The summed E-state index contributed by atoms with van der Waals surface area (Å²) in [6.45, 7) is 1.70. The first-order chi connectivity index (χ1) is 12.5. The molecule has 4 N–H and O–H groups in total. The highest BCUT2D eigenvalue weighted by atomic mass is 16.5. The maximum Gasteiger partial charge on any atom is 0.161 e. The molecule has 2 aromatic carbocycles. The Morgan fingerprint density at radius 3 is 2.08 bits per heavy atom. The van der Waals surface area contributed by atoms with Crippen LogP contribution < -0.4 is 14.8 Å². The normalized spacial score (nSPS) is 13.8. The van der Waals surface area contributed by atoms with E-state index in [4.69, 9.17) is 19.7 Å². The number of ether oxygens (including phenoxy) is 2. The Bertz CT molecular complexity index is 608. The lowest BCUT2D eigenvalue weighted by Gasteiger charge is -2.17. The Morgan fingerprint density at radius 1 is 0.962 bits per heavy atom. The van der Waals surface area contributed by atoms with Gasteiger partial charge in [0.2, 0.25) is 0 Å². The third kappa shape index (κ3) is 7.41. The summed E-state index contributed by atoms with van der Waals surface area (Å²) in [5.41, 5.74) is 0.958. The molecule has 26 heavy (non-hydrogen) atoms. The fourth-order valence-electron chi connectivity index (χ4n) is 2.07. The van der Waals surface area contributed by atoms with Crippen LogP contribution in [0.1, 0.15) is 18.6 Å². The zero-order valence-corrected chi connectivity index (χ0v) is 15.5. The molecular formula is C20H29NO5. The number of methoxy groups -OCH3 is 1. The van der Waals surface area contributed by atoms with E-state index in [1.54, 1.807) is 19.2 Å². The summed E-state index contributed by atoms with van der Waals surface area (Å²) in [5, 5.41) is 30.4. The zero-order valence-electron chi connectivity index (χ0n) is 15.5. The fourth-order valence-corrected chi connectivity index (χ4v) is 2.07. The lowest BCUT2D eigenvalue weighted by Crippen LogP contribution is -2.28. The summed E-state index contributed by atoms with van der Waals surface area (Å²) in [7, 11) is 3.39. The first-order valence-corrected chi connectivity index (χ1v) is 8.48. The molecule has 6 heteroatoms. The predicted molar refractivity (Wildman–Crippen MR) is 102 cm³/mol. The van der Waals surface area contributed by atoms with E-state index in [1.807, 2.05) is 56.4 Å². The number of aliphatic hydroxyl groups is 3. The quantitative estimate of drug-likeness (QED) is 0.571. The van der Waals surface area contributed by atoms with Crippen LogP contribution in [0.15, 0.2) is 54.6 Å². The molecule has 0 amide bonds. The summed E-state index contributed by atoms with van der Waals surface area (Å²) in [6.07, 6.45) is -1.28. The molecule has 0 aliphatic rings. The Morgan fingerprint density at radius 2 is 1.54 bits per heavy atom. The number of aliphatic hydroxyl groups excluding tert-OH is 3. The Labute approximate surface area is 155 Å². The third-order valence-corrected chi connectivity index (χ3v) is 3.78. The van der Waals surface area contributed by atoms with Crippen LogP contribution in [0.5, 0.6) is 11.5 Å². The second kappa shape index (κ2) is 12.3. The summed E-state index contributed by atoms with van der Waals surface area (Å²) in [6, 6.07) is 16.9. The van der Waals surface area contributed by atoms with Gasteiger partial charge in [0.05, 0.1) is 19.8 Å². The molecule has 0 aromatic heterocycles. The maximum atomic E-state index is 9.73. The molecule has 0 saturated carbocycles. The summed E-state index contributed by atoms with van der Waals surface area (Å²) in [5.74, 6) is 1.17. The van der Waals surface area contributed by atoms with E-state index in [-0.39, 0.29) is 19.3 Å². The van der Waals surface area contributed by atoms with E-state index in [9.17, 15) is 5.11 Å². The van der Waals surface area contributed by atoms with Crippen molar-refractivity contribution in [1.29, 1.82) is 0 Å². The van der Waals surface area contributed by atoms with Crippen LogP contribution in [-0.2, 0) is 0 Å². The van der Waals surface area contributed by atoms with Crippen molar-refractivity contribution in [1.82, 2.24) is 5.32 Å². The maximum absolute atomic E-state index is 9.73. The van der Waals surface area contributed by atoms with E-state index in [1.165, 1.54) is 0 Å². The minimum atomic E-state index is -0.861. The second-order valence-corrected chi connectivity index (χ2v) is 5.73. The monoisotopic (exact) mass is 363 g/mol. The lowest BCUT2D eigenvalue weighted by molar-refractivity contribution is 0.0527. The molecule has 0 aliphatic carbocycles. The van der Waals surface area contributed by atoms with Gasteiger partial charge in [0.15, 0.2) is 11.5 Å². The molecule has 1 unspecified atom stereocenters. The topological polar surface area (TPSA) is 91.2 Å². The number of para-hydroxylation sites is 2. The van der Waals surface area contributed by atoms with Gasteiger partial charge < -0.3 is 30.1 Å². The molecule has 2 aromatic rings. The Hall–Kier alpha value is -2.12. The van der Waals surface area contributed by atoms with Gasteiger partial charge in [0, 0.05) is 6.04 Å². The molecular weight excluding hydrogens is 334 g/mol. The molecule has 0 bridgehead atoms. The van der Waals surface area contributed by atoms with Gasteiger partial charge in [0.25, 0.3) is 0 Å². The number of benzene rings is 2. The van der Waals surface area contributed by atoms with Gasteiger partial charge in [-0.2, -0.15) is 0 Å². The first kappa shape index (κ1) is 21.9. The number of hydrogen-bond donors (Lipinski definition) is 4. The molecule has 0 heterocycles. The van der Waals surface area contributed by atoms with Crippen molar-refractivity contribution in [3.8, 4) is 11.5 Å². The molecule has 6 nitrogen and oxygen atoms in total. The first-order valence-electron chi connectivity index (χ1n) is 8.48. The van der Waals surface area contributed by atoms with E-state index >= 15 is 0 Å². The van der Waals surface area contributed by atoms with Crippen molar-refractivity contribution >= 4 is 0 Å². The Kier molecular flexibility index (Phi) is 10.3. The van der Waals surface area contributed by atoms with Crippen LogP contribution in [0.2, 0.25) is 0 Å². The molecule has 2 rings (SSSR count). The van der Waals surface area contributed by atoms with Crippen molar-refractivity contribution in [2.24, 2.45) is 0 Å². The van der Waals surface area contributed by atoms with Gasteiger partial charge in [0.1, 0.15) is 12.7 Å². The largest absolute Gasteiger partial charge is 0.493 e. The van der Waals surface area contributed by atoms with Crippen LogP contribution in [0.25, 0.3) is 0 Å². The van der Waals surface area contributed by atoms with E-state index in [2.05, 4.69) is 5.32 Å². The fraction of sp³-hybridized carbons (Fsp3) is 0.400. The molecule has 0 fully saturated rings. The SMILES string of the molecule is CN[C@@H](C)[C@@H](O)c1ccccc1.COc1ccccc1OCC(O)CO. The number of likely N-dealkylation sites (N-methyl/N-ethyl adjacent to an activating group) is 1. The van der Waals surface area contributed by atoms with Crippen molar-refractivity contribution in [2.45, 2.75) is 25.2 Å². The van der Waals surface area contributed by atoms with Gasteiger partial charge in [-0.3, -0.25) is 0 Å². The summed E-state index contributed by atoms with van der Waals surface area (Å²) in [4.78, 5) is 0. The minimum Gasteiger partial charge on any atom is -0.493 e. The van der Waals surface area contributed by atoms with Gasteiger partial charge in [-0.1, -0.05) is 42.5 Å². The zero-order chi connectivity index (χ0) is 19.4. The molecule has 144 valence electrons. The second-order valence-electron chi connectivity index (χ2n) is 5.73. The van der Waals surface area contributed by atoms with Gasteiger partial charge >= 0.3 is 0 Å². The highest BCUT2D eigenvalue weighted by molar-refractivity contribution is 5.39. The average molecular weight is 363 g/mol. The molecule has 0 radical (unpaired) electrons. The van der Waals surface area contributed by atoms with Crippen LogP contribution in [0.4, 0.5) is 0 Å². The van der Waals surface area contributed by atoms with Crippen molar-refractivity contribution in [3.05, 3.63) is 60.2 Å². The molecule has 0 spiro atoms. The number of rotatable bonds is 8. The van der Waals surface area contributed by atoms with Crippen LogP contribution in [-0.4, -0.2) is 54.8 Å². The van der Waals surface area contributed by atoms with Crippen LogP contribution in [0, 0.1) is 0 Å². The molecule has 0 saturated heterocycles. The van der Waals surface area contributed by atoms with Crippen LogP contribution >= 0.6 is 0 Å². The summed E-state index contributed by atoms with van der Waals surface area (Å²) >= 11 is 0. The summed E-state index contributed by atoms with van der Waals surface area (Å²) < 4.78 is 10.3. The average Bonchev–Trinajstić information content (AvgIpc) is 2.72. The van der Waals surface area contributed by atoms with Gasteiger partial charge in [-0.05, 0) is 31.7 Å². The highest BCUT2D eigenvalue weighted by Crippen LogP contribution is 2.25. The number of hydrogen-bond acceptors (Lipinski definition) is 6. The van der Waals surface area contributed by atoms with Crippen molar-refractivity contribution in [2.75, 3.05) is 27.4 Å². The van der Waals surface area contributed by atoms with E-state index < -0.39 is 12.2 Å². The van der Waals surface area contributed by atoms with Crippen molar-refractivity contribution < 1.29 is 24.8 Å². The van der Waals surface area contributed by atoms with Crippen LogP contribution in [0.3, 0.4) is 0 Å². The molecule has 3 atom stereocenters. The van der Waals surface area contributed by atoms with E-state index in [0.717, 1.165) is 5.56 Å². The van der Waals surface area contributed by atoms with Crippen molar-refractivity contribution in [3.63, 3.8) is 0 Å². The van der Waals surface area contributed by atoms with Gasteiger partial charge in [-0.15, -0.1) is 0 Å². The van der Waals surface area contributed by atoms with E-state index in [0.29, 0.717) is 11.5 Å². The third-order valence-electron chi connectivity index (χ3n) is 3.78. The predicted octanol–water partition coefficient (Wildman–Crippen LogP) is 1.76. The number of nitrogens with one attached hydrogen (secondary N) is 1. The Balaban J connectivity index is 0.000000263. The standard InChI is InChI=1S/C10H15NO.C10H14O4/c1-8(11-2)10(12)9-6-4-3-5-7-9;1-13-9-4-2-3-5-10(9)14-7-8(12)6-11/h3-8,10-12H,1-2H3;2-5,8,11-12H,6-7H2,1H3/t8-,10+;/m0./s1. The minimum absolute atomic E-state index is 0.0525.